The summed E-state index contributed by atoms with van der Waals surface area (Å²) in [5.41, 5.74) is 1.17. The fourth-order valence-corrected chi connectivity index (χ4v) is 2.96. The molecule has 0 aromatic carbocycles. The van der Waals surface area contributed by atoms with Gasteiger partial charge in [0.15, 0.2) is 0 Å². The Morgan fingerprint density at radius 3 is 3.05 bits per heavy atom. The maximum atomic E-state index is 4.22. The zero-order valence-corrected chi connectivity index (χ0v) is 12.3. The molecule has 0 aliphatic heterocycles. The van der Waals surface area contributed by atoms with E-state index >= 15 is 0 Å². The first-order valence-electron chi connectivity index (χ1n) is 5.84. The van der Waals surface area contributed by atoms with Crippen LogP contribution in [0.2, 0.25) is 0 Å². The Morgan fingerprint density at radius 2 is 2.32 bits per heavy atom. The average Bonchev–Trinajstić information content (AvgIpc) is 3.02. The van der Waals surface area contributed by atoms with Crippen LogP contribution in [0.25, 0.3) is 6.08 Å². The van der Waals surface area contributed by atoms with Gasteiger partial charge in [0, 0.05) is 28.7 Å². The van der Waals surface area contributed by atoms with Crippen molar-refractivity contribution in [1.82, 2.24) is 4.57 Å². The van der Waals surface area contributed by atoms with E-state index in [1.807, 2.05) is 29.7 Å². The zero-order valence-electron chi connectivity index (χ0n) is 10.7. The second-order valence-corrected chi connectivity index (χ2v) is 5.61. The van der Waals surface area contributed by atoms with Gasteiger partial charge in [-0.2, -0.15) is 5.10 Å². The minimum atomic E-state index is 0.759. The third-order valence-electron chi connectivity index (χ3n) is 2.40. The summed E-state index contributed by atoms with van der Waals surface area (Å²) in [6.07, 6.45) is 7.47. The molecule has 98 valence electrons. The molecule has 0 spiro atoms. The lowest BCUT2D eigenvalue weighted by atomic mass is 10.4. The van der Waals surface area contributed by atoms with E-state index in [0.29, 0.717) is 0 Å². The molecule has 0 aliphatic carbocycles. The Kier molecular flexibility index (Phi) is 5.06. The van der Waals surface area contributed by atoms with E-state index in [9.17, 15) is 0 Å². The number of hydrogen-bond acceptors (Lipinski definition) is 4. The lowest BCUT2D eigenvalue weighted by molar-refractivity contribution is 0.752. The van der Waals surface area contributed by atoms with Crippen molar-refractivity contribution in [1.29, 1.82) is 0 Å². The van der Waals surface area contributed by atoms with Crippen LogP contribution in [0.5, 0.6) is 0 Å². The highest BCUT2D eigenvalue weighted by Crippen LogP contribution is 2.09. The molecule has 0 radical (unpaired) electrons. The largest absolute Gasteiger partial charge is 0.316 e. The summed E-state index contributed by atoms with van der Waals surface area (Å²) >= 11 is 3.28. The number of thiophene rings is 1. The number of thiazole rings is 1. The van der Waals surface area contributed by atoms with Crippen molar-refractivity contribution >= 4 is 35.0 Å². The van der Waals surface area contributed by atoms with Crippen molar-refractivity contribution in [3.05, 3.63) is 57.0 Å². The maximum Gasteiger partial charge on any atom is 0.211 e. The standard InChI is InChI=1S/C14H15N3S2/c1-3-9-17-12(2)11-19-14(17)16-15-8-4-6-13-7-5-10-18-13/h3-8,10-11H,1,9H2,2H3/b6-4+,15-8+,16-14-. The Balaban J connectivity index is 2.08. The molecule has 19 heavy (non-hydrogen) atoms. The predicted molar refractivity (Wildman–Crippen MR) is 84.7 cm³/mol. The van der Waals surface area contributed by atoms with Gasteiger partial charge in [0.05, 0.1) is 0 Å². The number of nitrogens with zero attached hydrogens (tertiary/aromatic N) is 3. The fraction of sp³-hybridized carbons (Fsp3) is 0.143. The molecule has 0 N–H and O–H groups in total. The third-order valence-corrected chi connectivity index (χ3v) is 4.21. The molecule has 0 fully saturated rings. The fourth-order valence-electron chi connectivity index (χ4n) is 1.49. The summed E-state index contributed by atoms with van der Waals surface area (Å²) in [5, 5.41) is 12.4. The first-order chi connectivity index (χ1) is 9.31. The molecule has 2 aromatic heterocycles. The number of aryl methyl sites for hydroxylation is 1. The summed E-state index contributed by atoms with van der Waals surface area (Å²) in [6, 6.07) is 4.09. The van der Waals surface area contributed by atoms with Gasteiger partial charge in [0.25, 0.3) is 0 Å². The number of allylic oxidation sites excluding steroid dienone is 2. The molecular formula is C14H15N3S2. The van der Waals surface area contributed by atoms with E-state index in [1.54, 1.807) is 28.9 Å². The first kappa shape index (κ1) is 13.7. The molecule has 0 amide bonds. The quantitative estimate of drug-likeness (QED) is 0.456. The first-order valence-corrected chi connectivity index (χ1v) is 7.60. The number of hydrogen-bond donors (Lipinski definition) is 0. The lowest BCUT2D eigenvalue weighted by Crippen LogP contribution is -2.14. The Hall–Kier alpha value is -1.72. The maximum absolute atomic E-state index is 4.22. The van der Waals surface area contributed by atoms with Gasteiger partial charge in [-0.25, -0.2) is 0 Å². The topological polar surface area (TPSA) is 29.6 Å². The molecule has 0 bridgehead atoms. The van der Waals surface area contributed by atoms with Gasteiger partial charge in [0.1, 0.15) is 0 Å². The summed E-state index contributed by atoms with van der Waals surface area (Å²) in [7, 11) is 0. The molecule has 2 aromatic rings. The molecule has 0 unspecified atom stereocenters. The molecule has 0 saturated carbocycles. The average molecular weight is 289 g/mol. The second-order valence-electron chi connectivity index (χ2n) is 3.80. The van der Waals surface area contributed by atoms with Crippen molar-refractivity contribution in [3.8, 4) is 0 Å². The highest BCUT2D eigenvalue weighted by molar-refractivity contribution is 7.10. The summed E-state index contributed by atoms with van der Waals surface area (Å²) < 4.78 is 2.08. The van der Waals surface area contributed by atoms with E-state index in [4.69, 9.17) is 0 Å². The van der Waals surface area contributed by atoms with E-state index in [2.05, 4.69) is 39.7 Å². The van der Waals surface area contributed by atoms with Crippen molar-refractivity contribution in [3.63, 3.8) is 0 Å². The van der Waals surface area contributed by atoms with Crippen LogP contribution in [-0.4, -0.2) is 10.8 Å². The van der Waals surface area contributed by atoms with Crippen LogP contribution >= 0.6 is 22.7 Å². The van der Waals surface area contributed by atoms with Crippen LogP contribution in [-0.2, 0) is 6.54 Å². The van der Waals surface area contributed by atoms with E-state index in [-0.39, 0.29) is 0 Å². The summed E-state index contributed by atoms with van der Waals surface area (Å²) in [5.74, 6) is 0. The molecular weight excluding hydrogens is 274 g/mol. The summed E-state index contributed by atoms with van der Waals surface area (Å²) in [4.78, 5) is 2.10. The molecule has 2 rings (SSSR count). The molecule has 0 aliphatic rings. The van der Waals surface area contributed by atoms with Gasteiger partial charge in [-0.3, -0.25) is 0 Å². The van der Waals surface area contributed by atoms with E-state index in [0.717, 1.165) is 11.3 Å². The SMILES string of the molecule is C=CCn1c(C)cs\c1=N/N=C/C=C/c1cccs1. The third kappa shape index (κ3) is 3.87. The van der Waals surface area contributed by atoms with Crippen LogP contribution < -0.4 is 4.80 Å². The van der Waals surface area contributed by atoms with Gasteiger partial charge >= 0.3 is 0 Å². The van der Waals surface area contributed by atoms with E-state index < -0.39 is 0 Å². The molecule has 2 heterocycles. The molecule has 5 heteroatoms. The molecule has 0 atom stereocenters. The monoisotopic (exact) mass is 289 g/mol. The summed E-state index contributed by atoms with van der Waals surface area (Å²) in [6.45, 7) is 6.56. The second kappa shape index (κ2) is 7.01. The van der Waals surface area contributed by atoms with Crippen LogP contribution in [0, 0.1) is 6.92 Å². The van der Waals surface area contributed by atoms with Crippen LogP contribution in [0.4, 0.5) is 0 Å². The normalized spacial score (nSPS) is 12.8. The van der Waals surface area contributed by atoms with Gasteiger partial charge in [-0.15, -0.1) is 34.4 Å². The predicted octanol–water partition coefficient (Wildman–Crippen LogP) is 3.71. The van der Waals surface area contributed by atoms with Crippen molar-refractivity contribution < 1.29 is 0 Å². The highest BCUT2D eigenvalue weighted by Gasteiger charge is 1.97. The Morgan fingerprint density at radius 1 is 1.42 bits per heavy atom. The van der Waals surface area contributed by atoms with Crippen LogP contribution in [0.1, 0.15) is 10.6 Å². The minimum Gasteiger partial charge on any atom is -0.316 e. The van der Waals surface area contributed by atoms with Gasteiger partial charge in [-0.05, 0) is 30.5 Å². The van der Waals surface area contributed by atoms with Gasteiger partial charge in [0.2, 0.25) is 4.80 Å². The highest BCUT2D eigenvalue weighted by atomic mass is 32.1. The smallest absolute Gasteiger partial charge is 0.211 e. The zero-order chi connectivity index (χ0) is 13.5. The van der Waals surface area contributed by atoms with Crippen molar-refractivity contribution in [2.24, 2.45) is 10.2 Å². The van der Waals surface area contributed by atoms with E-state index in [1.165, 1.54) is 10.6 Å². The van der Waals surface area contributed by atoms with Crippen molar-refractivity contribution in [2.75, 3.05) is 0 Å². The Labute approximate surface area is 120 Å². The Bertz CT molecular complexity index is 643. The minimum absolute atomic E-state index is 0.759. The molecule has 3 nitrogen and oxygen atoms in total. The van der Waals surface area contributed by atoms with Crippen LogP contribution in [0.3, 0.4) is 0 Å². The number of aromatic nitrogens is 1. The van der Waals surface area contributed by atoms with Gasteiger partial charge in [-0.1, -0.05) is 12.1 Å². The number of rotatable bonds is 5. The lowest BCUT2D eigenvalue weighted by Gasteiger charge is -1.98. The molecule has 0 saturated heterocycles. The van der Waals surface area contributed by atoms with Crippen LogP contribution in [0.15, 0.2) is 51.8 Å². The van der Waals surface area contributed by atoms with Crippen molar-refractivity contribution in [2.45, 2.75) is 13.5 Å². The van der Waals surface area contributed by atoms with Gasteiger partial charge < -0.3 is 4.57 Å².